The summed E-state index contributed by atoms with van der Waals surface area (Å²) in [6.07, 6.45) is -3.38. The highest BCUT2D eigenvalue weighted by atomic mass is 32.2. The standard InChI is InChI=1S/C12H15F3N2O2S/c13-12(14,15)11-7-10(4-3-9(11)8-16)17-5-1-2-6-20(17,18)19/h3-4,7H,1-2,5-6,8,16H2. The molecule has 4 nitrogen and oxygen atoms in total. The quantitative estimate of drug-likeness (QED) is 0.910. The number of hydrogen-bond donors (Lipinski definition) is 1. The average molecular weight is 308 g/mol. The van der Waals surface area contributed by atoms with Crippen LogP contribution < -0.4 is 10.0 Å². The van der Waals surface area contributed by atoms with Crippen molar-refractivity contribution in [2.45, 2.75) is 25.6 Å². The van der Waals surface area contributed by atoms with E-state index >= 15 is 0 Å². The fraction of sp³-hybridized carbons (Fsp3) is 0.500. The van der Waals surface area contributed by atoms with Crippen molar-refractivity contribution < 1.29 is 21.6 Å². The molecule has 0 saturated carbocycles. The molecule has 8 heteroatoms. The van der Waals surface area contributed by atoms with Crippen LogP contribution in [0, 0.1) is 0 Å². The van der Waals surface area contributed by atoms with E-state index in [-0.39, 0.29) is 30.1 Å². The number of nitrogens with zero attached hydrogens (tertiary/aromatic N) is 1. The summed E-state index contributed by atoms with van der Waals surface area (Å²) < 4.78 is 63.7. The van der Waals surface area contributed by atoms with E-state index in [2.05, 4.69) is 0 Å². The van der Waals surface area contributed by atoms with Crippen molar-refractivity contribution in [3.63, 3.8) is 0 Å². The van der Waals surface area contributed by atoms with Crippen molar-refractivity contribution in [3.05, 3.63) is 29.3 Å². The van der Waals surface area contributed by atoms with Crippen LogP contribution in [0.4, 0.5) is 18.9 Å². The second-order valence-electron chi connectivity index (χ2n) is 4.64. The van der Waals surface area contributed by atoms with Gasteiger partial charge in [-0.15, -0.1) is 0 Å². The maximum absolute atomic E-state index is 13.0. The normalized spacial score (nSPS) is 19.1. The van der Waals surface area contributed by atoms with E-state index in [0.717, 1.165) is 10.4 Å². The van der Waals surface area contributed by atoms with E-state index < -0.39 is 21.8 Å². The zero-order chi connectivity index (χ0) is 15.0. The van der Waals surface area contributed by atoms with E-state index in [0.29, 0.717) is 12.8 Å². The minimum absolute atomic E-state index is 0.0347. The summed E-state index contributed by atoms with van der Waals surface area (Å²) >= 11 is 0. The summed E-state index contributed by atoms with van der Waals surface area (Å²) in [6.45, 7) is -0.0382. The fourth-order valence-electron chi connectivity index (χ4n) is 2.24. The van der Waals surface area contributed by atoms with Gasteiger partial charge in [-0.2, -0.15) is 13.2 Å². The van der Waals surface area contributed by atoms with Gasteiger partial charge in [-0.05, 0) is 30.5 Å². The lowest BCUT2D eigenvalue weighted by atomic mass is 10.1. The molecule has 1 aromatic rings. The van der Waals surface area contributed by atoms with Gasteiger partial charge in [0.2, 0.25) is 10.0 Å². The Balaban J connectivity index is 2.48. The topological polar surface area (TPSA) is 63.4 Å². The van der Waals surface area contributed by atoms with Crippen LogP contribution in [0.5, 0.6) is 0 Å². The van der Waals surface area contributed by atoms with Crippen molar-refractivity contribution >= 4 is 15.7 Å². The van der Waals surface area contributed by atoms with Gasteiger partial charge in [0.15, 0.2) is 0 Å². The molecule has 112 valence electrons. The lowest BCUT2D eigenvalue weighted by Gasteiger charge is -2.29. The molecule has 0 atom stereocenters. The van der Waals surface area contributed by atoms with Gasteiger partial charge in [0.1, 0.15) is 0 Å². The predicted octanol–water partition coefficient (Wildman–Crippen LogP) is 2.09. The van der Waals surface area contributed by atoms with Crippen molar-refractivity contribution in [3.8, 4) is 0 Å². The molecule has 0 spiro atoms. The lowest BCUT2D eigenvalue weighted by molar-refractivity contribution is -0.138. The van der Waals surface area contributed by atoms with Crippen LogP contribution >= 0.6 is 0 Å². The van der Waals surface area contributed by atoms with Gasteiger partial charge in [-0.3, -0.25) is 4.31 Å². The molecule has 1 aliphatic rings. The van der Waals surface area contributed by atoms with Crippen LogP contribution in [0.2, 0.25) is 0 Å². The Hall–Kier alpha value is -1.28. The molecule has 0 unspecified atom stereocenters. The van der Waals surface area contributed by atoms with Crippen molar-refractivity contribution in [1.82, 2.24) is 0 Å². The van der Waals surface area contributed by atoms with Crippen LogP contribution in [0.1, 0.15) is 24.0 Å². The predicted molar refractivity (Wildman–Crippen MR) is 69.7 cm³/mol. The number of sulfonamides is 1. The zero-order valence-electron chi connectivity index (χ0n) is 10.7. The summed E-state index contributed by atoms with van der Waals surface area (Å²) in [5, 5.41) is 0. The van der Waals surface area contributed by atoms with Gasteiger partial charge in [0, 0.05) is 13.1 Å². The third-order valence-electron chi connectivity index (χ3n) is 3.26. The Labute approximate surface area is 115 Å². The number of halogens is 3. The summed E-state index contributed by atoms with van der Waals surface area (Å²) in [4.78, 5) is 0. The first-order valence-corrected chi connectivity index (χ1v) is 7.77. The minimum Gasteiger partial charge on any atom is -0.326 e. The largest absolute Gasteiger partial charge is 0.416 e. The Kier molecular flexibility index (Phi) is 3.97. The highest BCUT2D eigenvalue weighted by Crippen LogP contribution is 2.35. The number of nitrogens with two attached hydrogens (primary N) is 1. The number of hydrogen-bond acceptors (Lipinski definition) is 3. The molecule has 1 aliphatic heterocycles. The summed E-state index contributed by atoms with van der Waals surface area (Å²) in [7, 11) is -3.52. The van der Waals surface area contributed by atoms with E-state index in [9.17, 15) is 21.6 Å². The van der Waals surface area contributed by atoms with Gasteiger partial charge in [-0.25, -0.2) is 8.42 Å². The van der Waals surface area contributed by atoms with E-state index in [4.69, 9.17) is 5.73 Å². The maximum atomic E-state index is 13.0. The molecule has 1 heterocycles. The molecular formula is C12H15F3N2O2S. The molecule has 20 heavy (non-hydrogen) atoms. The first-order chi connectivity index (χ1) is 9.25. The van der Waals surface area contributed by atoms with Gasteiger partial charge in [0.25, 0.3) is 0 Å². The molecule has 1 aromatic carbocycles. The Morgan fingerprint density at radius 1 is 1.25 bits per heavy atom. The van der Waals surface area contributed by atoms with Crippen LogP contribution in [0.25, 0.3) is 0 Å². The van der Waals surface area contributed by atoms with Crippen LogP contribution in [0.15, 0.2) is 18.2 Å². The van der Waals surface area contributed by atoms with Crippen LogP contribution in [-0.2, 0) is 22.7 Å². The highest BCUT2D eigenvalue weighted by Gasteiger charge is 2.35. The van der Waals surface area contributed by atoms with Gasteiger partial charge in [-0.1, -0.05) is 6.07 Å². The van der Waals surface area contributed by atoms with Gasteiger partial charge >= 0.3 is 6.18 Å². The SMILES string of the molecule is NCc1ccc(N2CCCCS2(=O)=O)cc1C(F)(F)F. The molecule has 1 fully saturated rings. The van der Waals surface area contributed by atoms with E-state index in [1.807, 2.05) is 0 Å². The Bertz CT molecular complexity index is 599. The maximum Gasteiger partial charge on any atom is 0.416 e. The first-order valence-electron chi connectivity index (χ1n) is 6.16. The van der Waals surface area contributed by atoms with Crippen molar-refractivity contribution in [1.29, 1.82) is 0 Å². The van der Waals surface area contributed by atoms with E-state index in [1.54, 1.807) is 0 Å². The fourth-order valence-corrected chi connectivity index (χ4v) is 3.87. The molecule has 0 bridgehead atoms. The molecule has 0 amide bonds. The van der Waals surface area contributed by atoms with Crippen LogP contribution in [0.3, 0.4) is 0 Å². The molecular weight excluding hydrogens is 293 g/mol. The molecule has 2 N–H and O–H groups in total. The van der Waals surface area contributed by atoms with Crippen LogP contribution in [-0.4, -0.2) is 20.7 Å². The lowest BCUT2D eigenvalue weighted by Crippen LogP contribution is -2.38. The summed E-state index contributed by atoms with van der Waals surface area (Å²) in [6, 6.07) is 3.48. The van der Waals surface area contributed by atoms with Crippen molar-refractivity contribution in [2.75, 3.05) is 16.6 Å². The third kappa shape index (κ3) is 2.90. The van der Waals surface area contributed by atoms with E-state index in [1.165, 1.54) is 12.1 Å². The Morgan fingerprint density at radius 2 is 1.95 bits per heavy atom. The van der Waals surface area contributed by atoms with Crippen molar-refractivity contribution in [2.24, 2.45) is 5.73 Å². The highest BCUT2D eigenvalue weighted by molar-refractivity contribution is 7.92. The third-order valence-corrected chi connectivity index (χ3v) is 5.13. The first kappa shape index (κ1) is 15.1. The number of alkyl halides is 3. The Morgan fingerprint density at radius 3 is 2.50 bits per heavy atom. The summed E-state index contributed by atoms with van der Waals surface area (Å²) in [5.41, 5.74) is 4.43. The zero-order valence-corrected chi connectivity index (χ0v) is 11.5. The second kappa shape index (κ2) is 5.25. The second-order valence-corrected chi connectivity index (χ2v) is 6.65. The molecule has 0 radical (unpaired) electrons. The number of anilines is 1. The average Bonchev–Trinajstić information content (AvgIpc) is 2.36. The minimum atomic E-state index is -4.55. The molecule has 2 rings (SSSR count). The number of benzene rings is 1. The monoisotopic (exact) mass is 308 g/mol. The van der Waals surface area contributed by atoms with Gasteiger partial charge < -0.3 is 5.73 Å². The summed E-state index contributed by atoms with van der Waals surface area (Å²) in [5.74, 6) is -0.0347. The molecule has 1 saturated heterocycles. The molecule has 0 aromatic heterocycles. The molecule has 0 aliphatic carbocycles. The van der Waals surface area contributed by atoms with Gasteiger partial charge in [0.05, 0.1) is 17.0 Å². The number of rotatable bonds is 2. The smallest absolute Gasteiger partial charge is 0.326 e.